The number of carboxylic acid groups (broad SMARTS) is 1. The van der Waals surface area contributed by atoms with Crippen LogP contribution in [0, 0.1) is 11.8 Å². The van der Waals surface area contributed by atoms with Gasteiger partial charge >= 0.3 is 12.1 Å². The van der Waals surface area contributed by atoms with Gasteiger partial charge in [0, 0.05) is 25.7 Å². The lowest BCUT2D eigenvalue weighted by atomic mass is 9.88. The Morgan fingerprint density at radius 1 is 1.26 bits per heavy atom. The second-order valence-electron chi connectivity index (χ2n) is 7.31. The first-order valence-electron chi connectivity index (χ1n) is 8.91. The summed E-state index contributed by atoms with van der Waals surface area (Å²) in [6, 6.07) is 2.69. The van der Waals surface area contributed by atoms with E-state index in [2.05, 4.69) is 35.1 Å². The molecule has 2 aliphatic rings. The molecule has 5 nitrogen and oxygen atoms in total. The summed E-state index contributed by atoms with van der Waals surface area (Å²) < 4.78 is 31.7. The number of fused-ring (bicyclic) bond motifs is 1. The number of thiophene rings is 1. The van der Waals surface area contributed by atoms with Crippen LogP contribution in [-0.4, -0.2) is 65.2 Å². The summed E-state index contributed by atoms with van der Waals surface area (Å²) in [4.78, 5) is 26.0. The molecule has 0 saturated carbocycles. The van der Waals surface area contributed by atoms with Gasteiger partial charge in [-0.2, -0.15) is 24.5 Å². The van der Waals surface area contributed by atoms with Gasteiger partial charge in [0.25, 0.3) is 0 Å². The zero-order valence-corrected chi connectivity index (χ0v) is 16.2. The van der Waals surface area contributed by atoms with Crippen LogP contribution in [0.4, 0.5) is 13.2 Å². The highest BCUT2D eigenvalue weighted by Gasteiger charge is 2.39. The second kappa shape index (κ2) is 9.05. The molecule has 27 heavy (non-hydrogen) atoms. The molecule has 3 heterocycles. The van der Waals surface area contributed by atoms with Crippen molar-refractivity contribution in [2.75, 3.05) is 26.2 Å². The zero-order chi connectivity index (χ0) is 20.2. The monoisotopic (exact) mass is 406 g/mol. The highest BCUT2D eigenvalue weighted by Crippen LogP contribution is 2.32. The minimum Gasteiger partial charge on any atom is -0.475 e. The number of alkyl halides is 3. The molecule has 0 bridgehead atoms. The summed E-state index contributed by atoms with van der Waals surface area (Å²) >= 11 is 1.67. The predicted molar refractivity (Wildman–Crippen MR) is 96.6 cm³/mol. The van der Waals surface area contributed by atoms with Gasteiger partial charge < -0.3 is 14.9 Å². The quantitative estimate of drug-likeness (QED) is 0.838. The van der Waals surface area contributed by atoms with Gasteiger partial charge in [-0.3, -0.25) is 4.79 Å². The summed E-state index contributed by atoms with van der Waals surface area (Å²) in [5, 5.41) is 11.3. The predicted octanol–water partition coefficient (Wildman–Crippen LogP) is 3.11. The van der Waals surface area contributed by atoms with E-state index < -0.39 is 12.1 Å². The van der Waals surface area contributed by atoms with E-state index in [9.17, 15) is 18.0 Å². The summed E-state index contributed by atoms with van der Waals surface area (Å²) in [6.45, 7) is 8.87. The summed E-state index contributed by atoms with van der Waals surface area (Å²) in [5.74, 6) is -1.02. The standard InChI is InChI=1S/C16H24N2OS.C2HF3O2/c1-12(2)17-5-3-14-8-18(10-15(14)9-17)16(19)7-13-4-6-20-11-13;3-2(4,5)1(6)7/h4,6,11-12,14-15H,3,5,7-10H2,1-2H3;(H,6,7)/t14-,15+;/m0./s1. The number of halogens is 3. The fourth-order valence-electron chi connectivity index (χ4n) is 3.55. The number of carbonyl (C=O) groups is 2. The van der Waals surface area contributed by atoms with Gasteiger partial charge in [-0.15, -0.1) is 0 Å². The Balaban J connectivity index is 0.000000321. The Kier molecular flexibility index (Phi) is 7.27. The van der Waals surface area contributed by atoms with Crippen molar-refractivity contribution in [2.45, 2.75) is 38.9 Å². The first-order chi connectivity index (χ1) is 12.6. The molecule has 152 valence electrons. The van der Waals surface area contributed by atoms with E-state index >= 15 is 0 Å². The molecule has 2 fully saturated rings. The third-order valence-electron chi connectivity index (χ3n) is 5.09. The lowest BCUT2D eigenvalue weighted by Gasteiger charge is -2.36. The average Bonchev–Trinajstić information content (AvgIpc) is 3.22. The molecule has 2 aliphatic heterocycles. The summed E-state index contributed by atoms with van der Waals surface area (Å²) in [7, 11) is 0. The van der Waals surface area contributed by atoms with Gasteiger partial charge in [0.05, 0.1) is 6.42 Å². The van der Waals surface area contributed by atoms with Crippen molar-refractivity contribution < 1.29 is 27.9 Å². The van der Waals surface area contributed by atoms with Gasteiger partial charge in [0.15, 0.2) is 0 Å². The second-order valence-corrected chi connectivity index (χ2v) is 8.09. The van der Waals surface area contributed by atoms with Crippen molar-refractivity contribution in [3.05, 3.63) is 22.4 Å². The summed E-state index contributed by atoms with van der Waals surface area (Å²) in [6.07, 6.45) is -3.25. The van der Waals surface area contributed by atoms with E-state index in [-0.39, 0.29) is 0 Å². The molecule has 2 saturated heterocycles. The third-order valence-corrected chi connectivity index (χ3v) is 5.83. The number of aliphatic carboxylic acids is 1. The molecule has 2 atom stereocenters. The topological polar surface area (TPSA) is 60.9 Å². The van der Waals surface area contributed by atoms with Crippen LogP contribution in [0.2, 0.25) is 0 Å². The number of nitrogens with zero attached hydrogens (tertiary/aromatic N) is 2. The van der Waals surface area contributed by atoms with Gasteiger partial charge in [0.1, 0.15) is 0 Å². The molecule has 3 rings (SSSR count). The third kappa shape index (κ3) is 6.21. The molecule has 0 spiro atoms. The molecule has 0 aromatic carbocycles. The molecule has 9 heteroatoms. The maximum absolute atomic E-state index is 12.4. The smallest absolute Gasteiger partial charge is 0.475 e. The number of amides is 1. The first-order valence-corrected chi connectivity index (χ1v) is 9.85. The van der Waals surface area contributed by atoms with E-state index in [0.29, 0.717) is 24.3 Å². The number of likely N-dealkylation sites (tertiary alicyclic amines) is 2. The van der Waals surface area contributed by atoms with E-state index in [1.54, 1.807) is 11.3 Å². The zero-order valence-electron chi connectivity index (χ0n) is 15.4. The van der Waals surface area contributed by atoms with Crippen LogP contribution in [0.5, 0.6) is 0 Å². The number of carbonyl (C=O) groups excluding carboxylic acids is 1. The average molecular weight is 406 g/mol. The van der Waals surface area contributed by atoms with Crippen LogP contribution in [0.3, 0.4) is 0 Å². The van der Waals surface area contributed by atoms with Crippen LogP contribution in [0.25, 0.3) is 0 Å². The largest absolute Gasteiger partial charge is 0.490 e. The lowest BCUT2D eigenvalue weighted by Crippen LogP contribution is -2.43. The molecule has 0 radical (unpaired) electrons. The molecule has 0 aliphatic carbocycles. The van der Waals surface area contributed by atoms with Gasteiger partial charge in [-0.05, 0) is 61.0 Å². The number of piperidine rings is 1. The van der Waals surface area contributed by atoms with Crippen molar-refractivity contribution in [3.8, 4) is 0 Å². The normalized spacial score (nSPS) is 23.0. The van der Waals surface area contributed by atoms with E-state index in [1.165, 1.54) is 25.1 Å². The van der Waals surface area contributed by atoms with Crippen molar-refractivity contribution >= 4 is 23.2 Å². The Hall–Kier alpha value is -1.61. The maximum Gasteiger partial charge on any atom is 0.490 e. The van der Waals surface area contributed by atoms with Crippen molar-refractivity contribution in [1.29, 1.82) is 0 Å². The van der Waals surface area contributed by atoms with Crippen LogP contribution >= 0.6 is 11.3 Å². The number of hydrogen-bond acceptors (Lipinski definition) is 4. The number of hydrogen-bond donors (Lipinski definition) is 1. The highest BCUT2D eigenvalue weighted by molar-refractivity contribution is 7.08. The lowest BCUT2D eigenvalue weighted by molar-refractivity contribution is -0.192. The first kappa shape index (κ1) is 21.7. The number of rotatable bonds is 3. The van der Waals surface area contributed by atoms with Crippen molar-refractivity contribution in [3.63, 3.8) is 0 Å². The van der Waals surface area contributed by atoms with E-state index in [0.717, 1.165) is 19.0 Å². The van der Waals surface area contributed by atoms with Crippen LogP contribution in [0.1, 0.15) is 25.8 Å². The summed E-state index contributed by atoms with van der Waals surface area (Å²) in [5.41, 5.74) is 1.17. The van der Waals surface area contributed by atoms with Crippen LogP contribution < -0.4 is 0 Å². The van der Waals surface area contributed by atoms with Crippen LogP contribution in [0.15, 0.2) is 16.8 Å². The van der Waals surface area contributed by atoms with Gasteiger partial charge in [-0.25, -0.2) is 4.79 Å². The molecule has 1 aromatic heterocycles. The molecular weight excluding hydrogens is 381 g/mol. The molecule has 1 aromatic rings. The number of carboxylic acids is 1. The molecule has 1 amide bonds. The van der Waals surface area contributed by atoms with Crippen molar-refractivity contribution in [1.82, 2.24) is 9.80 Å². The van der Waals surface area contributed by atoms with Crippen molar-refractivity contribution in [2.24, 2.45) is 11.8 Å². The fourth-order valence-corrected chi connectivity index (χ4v) is 4.22. The Morgan fingerprint density at radius 2 is 1.89 bits per heavy atom. The van der Waals surface area contributed by atoms with Crippen LogP contribution in [-0.2, 0) is 16.0 Å². The molecule has 0 unspecified atom stereocenters. The van der Waals surface area contributed by atoms with Gasteiger partial charge in [0.2, 0.25) is 5.91 Å². The Labute approximate surface area is 160 Å². The Morgan fingerprint density at radius 3 is 2.41 bits per heavy atom. The highest BCUT2D eigenvalue weighted by atomic mass is 32.1. The Bertz CT molecular complexity index is 634. The fraction of sp³-hybridized carbons (Fsp3) is 0.667. The van der Waals surface area contributed by atoms with Gasteiger partial charge in [-0.1, -0.05) is 0 Å². The molecular formula is C18H25F3N2O3S. The minimum absolute atomic E-state index is 0.314. The maximum atomic E-state index is 12.4. The minimum atomic E-state index is -5.08. The van der Waals surface area contributed by atoms with E-state index in [1.807, 2.05) is 5.38 Å². The van der Waals surface area contributed by atoms with E-state index in [4.69, 9.17) is 9.90 Å². The SMILES string of the molecule is CC(C)N1CC[C@H]2CN(C(=O)Cc3ccsc3)C[C@H]2C1.O=C(O)C(F)(F)F. The molecule has 1 N–H and O–H groups in total.